The second-order valence-electron chi connectivity index (χ2n) is 8.49. The number of methoxy groups -OCH3 is 1. The monoisotopic (exact) mass is 512 g/mol. The SMILES string of the molecule is CCOC(=O)C1CCc2c(sc3nc(Cn4c(O)ccc4O)c(Cl)c(-c4ccc(OC)cc4)c23)C1. The van der Waals surface area contributed by atoms with E-state index in [-0.39, 0.29) is 30.2 Å². The fourth-order valence-corrected chi connectivity index (χ4v) is 6.32. The van der Waals surface area contributed by atoms with Crippen LogP contribution in [0.4, 0.5) is 0 Å². The standard InChI is InChI=1S/C26H25ClN2O5S/c1-3-34-26(32)15-6-9-17-19(12-15)35-25-23(17)22(14-4-7-16(33-2)8-5-14)24(27)18(28-25)13-29-20(30)10-11-21(29)31/h4-5,7-8,10-11,15,30-31H,3,6,9,12-13H2,1-2H3. The number of fused-ring (bicyclic) bond motifs is 3. The van der Waals surface area contributed by atoms with Crippen LogP contribution in [-0.4, -0.2) is 39.5 Å². The number of hydrogen-bond acceptors (Lipinski definition) is 7. The van der Waals surface area contributed by atoms with Gasteiger partial charge in [-0.25, -0.2) is 4.98 Å². The molecule has 0 saturated heterocycles. The van der Waals surface area contributed by atoms with Gasteiger partial charge in [0.05, 0.1) is 36.9 Å². The number of ether oxygens (including phenoxy) is 2. The molecule has 1 unspecified atom stereocenters. The Hall–Kier alpha value is -3.23. The molecule has 182 valence electrons. The smallest absolute Gasteiger partial charge is 0.309 e. The Balaban J connectivity index is 1.68. The van der Waals surface area contributed by atoms with Crippen molar-refractivity contribution in [1.29, 1.82) is 0 Å². The number of aromatic nitrogens is 2. The van der Waals surface area contributed by atoms with Crippen molar-refractivity contribution in [2.45, 2.75) is 32.7 Å². The maximum absolute atomic E-state index is 12.4. The lowest BCUT2D eigenvalue weighted by molar-refractivity contribution is -0.148. The van der Waals surface area contributed by atoms with E-state index in [2.05, 4.69) is 0 Å². The van der Waals surface area contributed by atoms with E-state index in [4.69, 9.17) is 26.1 Å². The Labute approximate surface area is 211 Å². The number of pyridine rings is 1. The molecule has 0 spiro atoms. The third kappa shape index (κ3) is 4.21. The Kier molecular flexibility index (Phi) is 6.34. The number of hydrogen-bond donors (Lipinski definition) is 2. The predicted molar refractivity (Wildman–Crippen MR) is 136 cm³/mol. The number of nitrogens with zero attached hydrogens (tertiary/aromatic N) is 2. The van der Waals surface area contributed by atoms with E-state index in [1.54, 1.807) is 18.4 Å². The van der Waals surface area contributed by atoms with E-state index in [1.807, 2.05) is 31.2 Å². The van der Waals surface area contributed by atoms with Gasteiger partial charge in [0.1, 0.15) is 10.6 Å². The van der Waals surface area contributed by atoms with Gasteiger partial charge in [0.25, 0.3) is 0 Å². The number of aromatic hydroxyl groups is 2. The van der Waals surface area contributed by atoms with Crippen LogP contribution in [0.5, 0.6) is 17.5 Å². The summed E-state index contributed by atoms with van der Waals surface area (Å²) in [6.07, 6.45) is 2.06. The largest absolute Gasteiger partial charge is 0.497 e. The maximum Gasteiger partial charge on any atom is 0.309 e. The van der Waals surface area contributed by atoms with E-state index in [0.717, 1.165) is 38.4 Å². The minimum absolute atomic E-state index is 0.0748. The Morgan fingerprint density at radius 2 is 1.91 bits per heavy atom. The number of aryl methyl sites for hydroxylation is 1. The molecule has 3 aromatic heterocycles. The zero-order valence-corrected chi connectivity index (χ0v) is 20.9. The summed E-state index contributed by atoms with van der Waals surface area (Å²) in [4.78, 5) is 19.2. The molecule has 0 fully saturated rings. The third-order valence-electron chi connectivity index (χ3n) is 6.45. The molecule has 5 rings (SSSR count). The summed E-state index contributed by atoms with van der Waals surface area (Å²) in [6, 6.07) is 10.5. The summed E-state index contributed by atoms with van der Waals surface area (Å²) in [5.41, 5.74) is 3.47. The van der Waals surface area contributed by atoms with Crippen molar-refractivity contribution in [2.75, 3.05) is 13.7 Å². The van der Waals surface area contributed by atoms with Crippen molar-refractivity contribution < 1.29 is 24.5 Å². The van der Waals surface area contributed by atoms with E-state index < -0.39 is 0 Å². The Bertz CT molecular complexity index is 1390. The van der Waals surface area contributed by atoms with E-state index in [9.17, 15) is 15.0 Å². The first kappa shape index (κ1) is 23.5. The highest BCUT2D eigenvalue weighted by atomic mass is 35.5. The fourth-order valence-electron chi connectivity index (χ4n) is 4.69. The van der Waals surface area contributed by atoms with Crippen molar-refractivity contribution in [3.8, 4) is 28.6 Å². The number of carbonyl (C=O) groups excluding carboxylic acids is 1. The molecule has 9 heteroatoms. The minimum Gasteiger partial charge on any atom is -0.497 e. The molecule has 1 aliphatic carbocycles. The molecule has 2 N–H and O–H groups in total. The fraction of sp³-hybridized carbons (Fsp3) is 0.308. The highest BCUT2D eigenvalue weighted by molar-refractivity contribution is 7.19. The first-order chi connectivity index (χ1) is 16.9. The van der Waals surface area contributed by atoms with Crippen molar-refractivity contribution in [2.24, 2.45) is 5.92 Å². The zero-order valence-electron chi connectivity index (χ0n) is 19.4. The lowest BCUT2D eigenvalue weighted by atomic mass is 9.86. The lowest BCUT2D eigenvalue weighted by Gasteiger charge is -2.21. The molecule has 0 aliphatic heterocycles. The van der Waals surface area contributed by atoms with Crippen molar-refractivity contribution in [3.05, 3.63) is 57.6 Å². The van der Waals surface area contributed by atoms with Crippen LogP contribution >= 0.6 is 22.9 Å². The number of thiophene rings is 1. The van der Waals surface area contributed by atoms with Crippen molar-refractivity contribution in [1.82, 2.24) is 9.55 Å². The highest BCUT2D eigenvalue weighted by Crippen LogP contribution is 2.46. The molecular weight excluding hydrogens is 488 g/mol. The molecule has 0 bridgehead atoms. The summed E-state index contributed by atoms with van der Waals surface area (Å²) in [5.74, 6) is 0.269. The van der Waals surface area contributed by atoms with E-state index >= 15 is 0 Å². The van der Waals surface area contributed by atoms with Gasteiger partial charge in [-0.3, -0.25) is 9.36 Å². The Morgan fingerprint density at radius 1 is 1.20 bits per heavy atom. The number of halogens is 1. The molecule has 1 aliphatic rings. The van der Waals surface area contributed by atoms with Crippen LogP contribution in [0.3, 0.4) is 0 Å². The average molecular weight is 513 g/mol. The quantitative estimate of drug-likeness (QED) is 0.329. The Morgan fingerprint density at radius 3 is 2.57 bits per heavy atom. The second-order valence-corrected chi connectivity index (χ2v) is 9.95. The number of carbonyl (C=O) groups is 1. The van der Waals surface area contributed by atoms with E-state index in [0.29, 0.717) is 30.2 Å². The average Bonchev–Trinajstić information content (AvgIpc) is 3.38. The summed E-state index contributed by atoms with van der Waals surface area (Å²) in [6.45, 7) is 2.30. The van der Waals surface area contributed by atoms with Crippen LogP contribution in [0.2, 0.25) is 5.02 Å². The van der Waals surface area contributed by atoms with E-state index in [1.165, 1.54) is 22.3 Å². The topological polar surface area (TPSA) is 93.8 Å². The maximum atomic E-state index is 12.4. The van der Waals surface area contributed by atoms with Gasteiger partial charge in [0.2, 0.25) is 0 Å². The minimum atomic E-state index is -0.163. The molecule has 35 heavy (non-hydrogen) atoms. The lowest BCUT2D eigenvalue weighted by Crippen LogP contribution is -2.23. The molecular formula is C26H25ClN2O5S. The molecule has 3 heterocycles. The molecule has 7 nitrogen and oxygen atoms in total. The van der Waals surface area contributed by atoms with Gasteiger partial charge in [-0.1, -0.05) is 23.7 Å². The van der Waals surface area contributed by atoms with Gasteiger partial charge in [-0.2, -0.15) is 0 Å². The molecule has 0 saturated carbocycles. The normalized spacial score (nSPS) is 15.2. The molecule has 4 aromatic rings. The number of rotatable bonds is 6. The summed E-state index contributed by atoms with van der Waals surface area (Å²) >= 11 is 8.56. The summed E-state index contributed by atoms with van der Waals surface area (Å²) in [7, 11) is 1.62. The number of esters is 1. The van der Waals surface area contributed by atoms with Crippen LogP contribution in [0.1, 0.15) is 29.5 Å². The number of benzene rings is 1. The van der Waals surface area contributed by atoms with Gasteiger partial charge >= 0.3 is 5.97 Å². The predicted octanol–water partition coefficient (Wildman–Crippen LogP) is 5.55. The summed E-state index contributed by atoms with van der Waals surface area (Å²) < 4.78 is 11.9. The van der Waals surface area contributed by atoms with Gasteiger partial charge in [0, 0.05) is 28.0 Å². The third-order valence-corrected chi connectivity index (χ3v) is 8.00. The molecule has 0 amide bonds. The van der Waals surface area contributed by atoms with Gasteiger partial charge < -0.3 is 19.7 Å². The first-order valence-electron chi connectivity index (χ1n) is 11.4. The second kappa shape index (κ2) is 9.43. The van der Waals surface area contributed by atoms with Crippen LogP contribution < -0.4 is 4.74 Å². The van der Waals surface area contributed by atoms with Crippen LogP contribution in [0.15, 0.2) is 36.4 Å². The van der Waals surface area contributed by atoms with Gasteiger partial charge in [-0.15, -0.1) is 11.3 Å². The first-order valence-corrected chi connectivity index (χ1v) is 12.6. The van der Waals surface area contributed by atoms with Gasteiger partial charge in [-0.05, 0) is 49.4 Å². The van der Waals surface area contributed by atoms with Crippen LogP contribution in [-0.2, 0) is 28.9 Å². The molecule has 1 aromatic carbocycles. The van der Waals surface area contributed by atoms with Gasteiger partial charge in [0.15, 0.2) is 11.8 Å². The van der Waals surface area contributed by atoms with Crippen LogP contribution in [0.25, 0.3) is 21.3 Å². The zero-order chi connectivity index (χ0) is 24.7. The van der Waals surface area contributed by atoms with Crippen LogP contribution in [0, 0.1) is 5.92 Å². The molecule has 1 atom stereocenters. The van der Waals surface area contributed by atoms with Crippen molar-refractivity contribution in [3.63, 3.8) is 0 Å². The highest BCUT2D eigenvalue weighted by Gasteiger charge is 2.31. The molecule has 0 radical (unpaired) electrons. The van der Waals surface area contributed by atoms with Crippen molar-refractivity contribution >= 4 is 39.1 Å². The summed E-state index contributed by atoms with van der Waals surface area (Å²) in [5, 5.41) is 21.8.